The predicted molar refractivity (Wildman–Crippen MR) is 101 cm³/mol. The normalized spacial score (nSPS) is 13.3. The number of nitrogens with zero attached hydrogens (tertiary/aromatic N) is 2. The van der Waals surface area contributed by atoms with Gasteiger partial charge in [0.1, 0.15) is 0 Å². The number of rotatable bonds is 11. The van der Waals surface area contributed by atoms with Crippen LogP contribution in [0.3, 0.4) is 0 Å². The number of guanidine groups is 1. The Labute approximate surface area is 143 Å². The molecule has 0 fully saturated rings. The molecular formula is C18H40N4O. The summed E-state index contributed by atoms with van der Waals surface area (Å²) in [5.41, 5.74) is -0.686. The van der Waals surface area contributed by atoms with E-state index in [0.29, 0.717) is 18.6 Å². The Morgan fingerprint density at radius 3 is 2.04 bits per heavy atom. The van der Waals surface area contributed by atoms with E-state index in [9.17, 15) is 5.11 Å². The van der Waals surface area contributed by atoms with E-state index in [1.54, 1.807) is 0 Å². The van der Waals surface area contributed by atoms with E-state index in [2.05, 4.69) is 55.1 Å². The van der Waals surface area contributed by atoms with Crippen LogP contribution in [0.5, 0.6) is 0 Å². The molecule has 0 atom stereocenters. The molecule has 0 radical (unpaired) electrons. The Morgan fingerprint density at radius 1 is 1.04 bits per heavy atom. The third-order valence-corrected chi connectivity index (χ3v) is 4.40. The van der Waals surface area contributed by atoms with Crippen LogP contribution in [0.2, 0.25) is 0 Å². The molecule has 0 heterocycles. The highest BCUT2D eigenvalue weighted by molar-refractivity contribution is 5.79. The van der Waals surface area contributed by atoms with Gasteiger partial charge < -0.3 is 15.7 Å². The van der Waals surface area contributed by atoms with Crippen LogP contribution in [0.25, 0.3) is 0 Å². The molecular weight excluding hydrogens is 288 g/mol. The van der Waals surface area contributed by atoms with E-state index in [1.165, 1.54) is 0 Å². The van der Waals surface area contributed by atoms with Crippen LogP contribution in [0, 0.1) is 0 Å². The highest BCUT2D eigenvalue weighted by atomic mass is 16.3. The van der Waals surface area contributed by atoms with Crippen molar-refractivity contribution >= 4 is 5.96 Å². The maximum atomic E-state index is 10.3. The fourth-order valence-corrected chi connectivity index (χ4v) is 2.62. The summed E-state index contributed by atoms with van der Waals surface area (Å²) in [6.45, 7) is 18.3. The third-order valence-electron chi connectivity index (χ3n) is 4.40. The maximum absolute atomic E-state index is 10.3. The van der Waals surface area contributed by atoms with Gasteiger partial charge in [0.15, 0.2) is 5.96 Å². The molecule has 0 saturated carbocycles. The lowest BCUT2D eigenvalue weighted by Crippen LogP contribution is -2.42. The van der Waals surface area contributed by atoms with Crippen LogP contribution < -0.4 is 10.6 Å². The van der Waals surface area contributed by atoms with E-state index in [4.69, 9.17) is 0 Å². The van der Waals surface area contributed by atoms with Crippen LogP contribution in [0.15, 0.2) is 4.99 Å². The number of nitrogens with one attached hydrogen (secondary N) is 2. The Bertz CT molecular complexity index is 317. The summed E-state index contributed by atoms with van der Waals surface area (Å²) in [7, 11) is 0. The zero-order chi connectivity index (χ0) is 17.9. The average molecular weight is 329 g/mol. The van der Waals surface area contributed by atoms with E-state index in [1.807, 2.05) is 13.8 Å². The number of aliphatic imine (C=N–C) groups is 1. The standard InChI is InChI=1S/C18H40N4O/c1-8-18(23,9-2)14-21-17(19-10-3)20-12-11-13-22(15(4)5)16(6)7/h15-16,23H,8-14H2,1-7H3,(H2,19,20,21). The van der Waals surface area contributed by atoms with Crippen molar-refractivity contribution in [3.05, 3.63) is 0 Å². The van der Waals surface area contributed by atoms with Crippen molar-refractivity contribution in [2.24, 2.45) is 4.99 Å². The molecule has 0 bridgehead atoms. The van der Waals surface area contributed by atoms with Crippen LogP contribution in [-0.2, 0) is 0 Å². The second-order valence-corrected chi connectivity index (χ2v) is 6.83. The topological polar surface area (TPSA) is 59.9 Å². The van der Waals surface area contributed by atoms with E-state index in [-0.39, 0.29) is 0 Å². The molecule has 0 saturated heterocycles. The molecule has 5 nitrogen and oxygen atoms in total. The lowest BCUT2D eigenvalue weighted by Gasteiger charge is -2.30. The molecule has 23 heavy (non-hydrogen) atoms. The average Bonchev–Trinajstić information content (AvgIpc) is 2.51. The van der Waals surface area contributed by atoms with E-state index in [0.717, 1.165) is 44.9 Å². The van der Waals surface area contributed by atoms with Gasteiger partial charge in [0.25, 0.3) is 0 Å². The summed E-state index contributed by atoms with van der Waals surface area (Å²) in [4.78, 5) is 7.04. The van der Waals surface area contributed by atoms with Gasteiger partial charge in [-0.25, -0.2) is 0 Å². The molecule has 0 unspecified atom stereocenters. The van der Waals surface area contributed by atoms with Gasteiger partial charge in [-0.05, 0) is 53.9 Å². The van der Waals surface area contributed by atoms with Crippen LogP contribution >= 0.6 is 0 Å². The molecule has 0 rings (SSSR count). The molecule has 0 amide bonds. The molecule has 0 aliphatic rings. The Balaban J connectivity index is 4.38. The molecule has 0 aliphatic carbocycles. The summed E-state index contributed by atoms with van der Waals surface area (Å²) < 4.78 is 0. The minimum atomic E-state index is -0.686. The van der Waals surface area contributed by atoms with Gasteiger partial charge in [0.2, 0.25) is 0 Å². The first-order chi connectivity index (χ1) is 10.8. The van der Waals surface area contributed by atoms with Gasteiger partial charge >= 0.3 is 0 Å². The van der Waals surface area contributed by atoms with Gasteiger partial charge in [0.05, 0.1) is 12.1 Å². The lowest BCUT2D eigenvalue weighted by molar-refractivity contribution is 0.0418. The van der Waals surface area contributed by atoms with E-state index >= 15 is 0 Å². The predicted octanol–water partition coefficient (Wildman–Crippen LogP) is 2.60. The highest BCUT2D eigenvalue weighted by Gasteiger charge is 2.21. The van der Waals surface area contributed by atoms with Gasteiger partial charge in [-0.2, -0.15) is 0 Å². The number of hydrogen-bond donors (Lipinski definition) is 3. The summed E-state index contributed by atoms with van der Waals surface area (Å²) in [5.74, 6) is 0.800. The van der Waals surface area contributed by atoms with Crippen molar-refractivity contribution in [2.75, 3.05) is 26.2 Å². The molecule has 0 aromatic heterocycles. The molecule has 3 N–H and O–H groups in total. The number of hydrogen-bond acceptors (Lipinski definition) is 3. The largest absolute Gasteiger partial charge is 0.388 e. The fraction of sp³-hybridized carbons (Fsp3) is 0.944. The number of aliphatic hydroxyl groups is 1. The quantitative estimate of drug-likeness (QED) is 0.310. The van der Waals surface area contributed by atoms with Gasteiger partial charge in [-0.15, -0.1) is 0 Å². The lowest BCUT2D eigenvalue weighted by atomic mass is 9.98. The van der Waals surface area contributed by atoms with Crippen molar-refractivity contribution in [2.45, 2.75) is 85.4 Å². The summed E-state index contributed by atoms with van der Waals surface area (Å²) in [6.07, 6.45) is 2.53. The minimum Gasteiger partial charge on any atom is -0.388 e. The SMILES string of the molecule is CCNC(=NCC(O)(CC)CC)NCCCN(C(C)C)C(C)C. The minimum absolute atomic E-state index is 0.444. The molecule has 0 aromatic rings. The first-order valence-electron chi connectivity index (χ1n) is 9.29. The van der Waals surface area contributed by atoms with Gasteiger partial charge in [-0.1, -0.05) is 13.8 Å². The van der Waals surface area contributed by atoms with Crippen molar-refractivity contribution < 1.29 is 5.11 Å². The maximum Gasteiger partial charge on any atom is 0.191 e. The van der Waals surface area contributed by atoms with E-state index < -0.39 is 5.60 Å². The summed E-state index contributed by atoms with van der Waals surface area (Å²) >= 11 is 0. The van der Waals surface area contributed by atoms with Crippen molar-refractivity contribution in [1.82, 2.24) is 15.5 Å². The second-order valence-electron chi connectivity index (χ2n) is 6.83. The Hall–Kier alpha value is -0.810. The Kier molecular flexibility index (Phi) is 11.3. The second kappa shape index (κ2) is 11.7. The monoisotopic (exact) mass is 328 g/mol. The van der Waals surface area contributed by atoms with Crippen molar-refractivity contribution in [3.63, 3.8) is 0 Å². The first kappa shape index (κ1) is 22.2. The van der Waals surface area contributed by atoms with Gasteiger partial charge in [-0.3, -0.25) is 9.89 Å². The van der Waals surface area contributed by atoms with Crippen molar-refractivity contribution in [1.29, 1.82) is 0 Å². The van der Waals surface area contributed by atoms with Gasteiger partial charge in [0, 0.05) is 31.7 Å². The van der Waals surface area contributed by atoms with Crippen LogP contribution in [0.4, 0.5) is 0 Å². The first-order valence-corrected chi connectivity index (χ1v) is 9.29. The Morgan fingerprint density at radius 2 is 1.61 bits per heavy atom. The van der Waals surface area contributed by atoms with Crippen molar-refractivity contribution in [3.8, 4) is 0 Å². The molecule has 138 valence electrons. The summed E-state index contributed by atoms with van der Waals surface area (Å²) in [5, 5.41) is 17.0. The molecule has 0 aliphatic heterocycles. The van der Waals surface area contributed by atoms with Crippen LogP contribution in [-0.4, -0.2) is 59.8 Å². The molecule has 5 heteroatoms. The highest BCUT2D eigenvalue weighted by Crippen LogP contribution is 2.14. The third kappa shape index (κ3) is 9.16. The molecule has 0 spiro atoms. The zero-order valence-electron chi connectivity index (χ0n) is 16.4. The smallest absolute Gasteiger partial charge is 0.191 e. The van der Waals surface area contributed by atoms with Crippen LogP contribution in [0.1, 0.15) is 67.7 Å². The fourth-order valence-electron chi connectivity index (χ4n) is 2.62. The molecule has 0 aromatic carbocycles. The zero-order valence-corrected chi connectivity index (χ0v) is 16.4. The summed E-state index contributed by atoms with van der Waals surface area (Å²) in [6, 6.07) is 1.14.